The van der Waals surface area contributed by atoms with Gasteiger partial charge in [0.15, 0.2) is 5.96 Å². The molecule has 0 amide bonds. The number of hydrogen-bond acceptors (Lipinski definition) is 5. The molecule has 0 radical (unpaired) electrons. The molecular formula is C22H33N5O3S. The highest BCUT2D eigenvalue weighted by atomic mass is 32.2. The number of aromatic nitrogens is 1. The number of rotatable bonds is 7. The van der Waals surface area contributed by atoms with Gasteiger partial charge in [0.05, 0.1) is 24.2 Å². The van der Waals surface area contributed by atoms with Crippen LogP contribution in [0.1, 0.15) is 57.8 Å². The summed E-state index contributed by atoms with van der Waals surface area (Å²) in [5, 5.41) is 6.42. The van der Waals surface area contributed by atoms with Crippen molar-refractivity contribution in [2.24, 2.45) is 4.99 Å². The van der Waals surface area contributed by atoms with Crippen molar-refractivity contribution in [3.05, 3.63) is 47.7 Å². The second-order valence-electron chi connectivity index (χ2n) is 8.67. The molecule has 0 unspecified atom stereocenters. The third-order valence-corrected chi connectivity index (χ3v) is 7.00. The quantitative estimate of drug-likeness (QED) is 0.500. The molecule has 1 saturated heterocycles. The molecule has 3 rings (SSSR count). The van der Waals surface area contributed by atoms with E-state index in [1.54, 1.807) is 22.6 Å². The van der Waals surface area contributed by atoms with Gasteiger partial charge in [-0.05, 0) is 37.5 Å². The number of nitrogens with one attached hydrogen (secondary N) is 2. The van der Waals surface area contributed by atoms with E-state index in [0.29, 0.717) is 42.9 Å². The van der Waals surface area contributed by atoms with Crippen molar-refractivity contribution in [3.63, 3.8) is 0 Å². The lowest BCUT2D eigenvalue weighted by molar-refractivity contribution is 0.379. The van der Waals surface area contributed by atoms with Crippen LogP contribution in [0, 0.1) is 0 Å². The molecule has 2 heterocycles. The van der Waals surface area contributed by atoms with E-state index < -0.39 is 10.0 Å². The van der Waals surface area contributed by atoms with Crippen molar-refractivity contribution in [1.82, 2.24) is 19.9 Å². The lowest BCUT2D eigenvalue weighted by Crippen LogP contribution is -2.36. The van der Waals surface area contributed by atoms with Gasteiger partial charge in [-0.2, -0.15) is 4.31 Å². The molecule has 8 nitrogen and oxygen atoms in total. The van der Waals surface area contributed by atoms with Crippen LogP contribution < -0.4 is 10.6 Å². The minimum absolute atomic E-state index is 0.0851. The van der Waals surface area contributed by atoms with E-state index in [1.165, 1.54) is 0 Å². The lowest BCUT2D eigenvalue weighted by Gasteiger charge is -2.15. The Morgan fingerprint density at radius 3 is 2.42 bits per heavy atom. The Bertz CT molecular complexity index is 985. The first-order chi connectivity index (χ1) is 14.7. The maximum Gasteiger partial charge on any atom is 0.243 e. The first kappa shape index (κ1) is 23.3. The summed E-state index contributed by atoms with van der Waals surface area (Å²) >= 11 is 0. The minimum atomic E-state index is -3.39. The van der Waals surface area contributed by atoms with Gasteiger partial charge in [0.25, 0.3) is 0 Å². The second kappa shape index (κ2) is 9.82. The van der Waals surface area contributed by atoms with Gasteiger partial charge in [-0.25, -0.2) is 18.4 Å². The highest BCUT2D eigenvalue weighted by Gasteiger charge is 2.26. The summed E-state index contributed by atoms with van der Waals surface area (Å²) in [4.78, 5) is 9.25. The van der Waals surface area contributed by atoms with Crippen LogP contribution in [-0.2, 0) is 28.5 Å². The van der Waals surface area contributed by atoms with Gasteiger partial charge >= 0.3 is 0 Å². The fourth-order valence-corrected chi connectivity index (χ4v) is 4.77. The summed E-state index contributed by atoms with van der Waals surface area (Å²) in [6.45, 7) is 11.0. The highest BCUT2D eigenvalue weighted by molar-refractivity contribution is 7.89. The summed E-state index contributed by atoms with van der Waals surface area (Å²) < 4.78 is 32.7. The van der Waals surface area contributed by atoms with Gasteiger partial charge in [-0.15, -0.1) is 0 Å². The Kier molecular flexibility index (Phi) is 7.38. The standard InChI is InChI=1S/C22H33N5O3S/c1-5-23-21(26-16-20-24-15-19(30-20)22(2,3)4)25-14-17-8-10-18(11-9-17)31(28,29)27-12-6-7-13-27/h8-11,15H,5-7,12-14,16H2,1-4H3,(H2,23,25,26). The third-order valence-electron chi connectivity index (χ3n) is 5.09. The Balaban J connectivity index is 1.61. The number of hydrogen-bond donors (Lipinski definition) is 2. The van der Waals surface area contributed by atoms with Crippen LogP contribution in [-0.4, -0.2) is 43.3 Å². The Morgan fingerprint density at radius 1 is 1.16 bits per heavy atom. The zero-order chi connectivity index (χ0) is 22.5. The van der Waals surface area contributed by atoms with Gasteiger partial charge in [0, 0.05) is 25.0 Å². The normalized spacial score (nSPS) is 15.9. The van der Waals surface area contributed by atoms with E-state index >= 15 is 0 Å². The van der Waals surface area contributed by atoms with Crippen molar-refractivity contribution >= 4 is 16.0 Å². The molecule has 170 valence electrons. The highest BCUT2D eigenvalue weighted by Crippen LogP contribution is 2.23. The van der Waals surface area contributed by atoms with Gasteiger partial charge < -0.3 is 15.1 Å². The van der Waals surface area contributed by atoms with E-state index in [2.05, 4.69) is 41.4 Å². The smallest absolute Gasteiger partial charge is 0.243 e. The van der Waals surface area contributed by atoms with Crippen LogP contribution in [0.25, 0.3) is 0 Å². The predicted molar refractivity (Wildman–Crippen MR) is 121 cm³/mol. The molecule has 31 heavy (non-hydrogen) atoms. The topological polar surface area (TPSA) is 99.8 Å². The van der Waals surface area contributed by atoms with E-state index in [9.17, 15) is 8.42 Å². The molecule has 0 spiro atoms. The monoisotopic (exact) mass is 447 g/mol. The molecule has 1 aromatic carbocycles. The van der Waals surface area contributed by atoms with Crippen molar-refractivity contribution in [2.75, 3.05) is 19.6 Å². The molecule has 1 aliphatic heterocycles. The Labute approximate surface area is 185 Å². The molecule has 1 aliphatic rings. The SMILES string of the molecule is CCNC(=NCc1ccc(S(=O)(=O)N2CCCC2)cc1)NCc1ncc(C(C)(C)C)o1. The number of nitrogens with zero attached hydrogens (tertiary/aromatic N) is 3. The number of benzene rings is 1. The number of aliphatic imine (C=N–C) groups is 1. The van der Waals surface area contributed by atoms with Crippen LogP contribution >= 0.6 is 0 Å². The molecule has 9 heteroatoms. The van der Waals surface area contributed by atoms with E-state index in [-0.39, 0.29) is 5.41 Å². The largest absolute Gasteiger partial charge is 0.443 e. The number of sulfonamides is 1. The predicted octanol–water partition coefficient (Wildman–Crippen LogP) is 3.01. The van der Waals surface area contributed by atoms with Crippen molar-refractivity contribution in [1.29, 1.82) is 0 Å². The number of oxazole rings is 1. The first-order valence-electron chi connectivity index (χ1n) is 10.8. The number of guanidine groups is 1. The van der Waals surface area contributed by atoms with Crippen molar-refractivity contribution in [3.8, 4) is 0 Å². The average molecular weight is 448 g/mol. The summed E-state index contributed by atoms with van der Waals surface area (Å²) in [6.07, 6.45) is 3.62. The fraction of sp³-hybridized carbons (Fsp3) is 0.545. The lowest BCUT2D eigenvalue weighted by atomic mass is 9.94. The Morgan fingerprint density at radius 2 is 1.84 bits per heavy atom. The van der Waals surface area contributed by atoms with Crippen LogP contribution in [0.4, 0.5) is 0 Å². The van der Waals surface area contributed by atoms with Crippen LogP contribution in [0.2, 0.25) is 0 Å². The van der Waals surface area contributed by atoms with Gasteiger partial charge in [0.1, 0.15) is 5.76 Å². The van der Waals surface area contributed by atoms with E-state index in [0.717, 1.165) is 30.7 Å². The summed E-state index contributed by atoms with van der Waals surface area (Å²) in [7, 11) is -3.39. The first-order valence-corrected chi connectivity index (χ1v) is 12.2. The van der Waals surface area contributed by atoms with E-state index in [1.807, 2.05) is 19.1 Å². The van der Waals surface area contributed by atoms with Gasteiger partial charge in [-0.3, -0.25) is 0 Å². The zero-order valence-corrected chi connectivity index (χ0v) is 19.6. The van der Waals surface area contributed by atoms with Crippen LogP contribution in [0.3, 0.4) is 0 Å². The summed E-state index contributed by atoms with van der Waals surface area (Å²) in [5.74, 6) is 2.09. The van der Waals surface area contributed by atoms with Gasteiger partial charge in [-0.1, -0.05) is 32.9 Å². The second-order valence-corrected chi connectivity index (χ2v) is 10.6. The summed E-state index contributed by atoms with van der Waals surface area (Å²) in [5.41, 5.74) is 0.849. The minimum Gasteiger partial charge on any atom is -0.443 e. The molecule has 1 aromatic heterocycles. The zero-order valence-electron chi connectivity index (χ0n) is 18.8. The van der Waals surface area contributed by atoms with Crippen LogP contribution in [0.15, 0.2) is 44.8 Å². The van der Waals surface area contributed by atoms with Gasteiger partial charge in [0.2, 0.25) is 15.9 Å². The van der Waals surface area contributed by atoms with E-state index in [4.69, 9.17) is 4.42 Å². The fourth-order valence-electron chi connectivity index (χ4n) is 3.25. The van der Waals surface area contributed by atoms with Crippen LogP contribution in [0.5, 0.6) is 0 Å². The molecule has 2 aromatic rings. The molecule has 0 atom stereocenters. The molecule has 0 bridgehead atoms. The van der Waals surface area contributed by atoms with Crippen molar-refractivity contribution < 1.29 is 12.8 Å². The Hall–Kier alpha value is -2.39. The molecule has 0 saturated carbocycles. The third kappa shape index (κ3) is 6.07. The maximum absolute atomic E-state index is 12.6. The average Bonchev–Trinajstić information content (AvgIpc) is 3.42. The van der Waals surface area contributed by atoms with Crippen molar-refractivity contribution in [2.45, 2.75) is 63.9 Å². The summed E-state index contributed by atoms with van der Waals surface area (Å²) in [6, 6.07) is 6.97. The molecular weight excluding hydrogens is 414 g/mol. The molecule has 2 N–H and O–H groups in total. The maximum atomic E-state index is 12.6. The molecule has 1 fully saturated rings. The molecule has 0 aliphatic carbocycles.